The number of nitrogens with zero attached hydrogens (tertiary/aromatic N) is 1. The first kappa shape index (κ1) is 18.1. The zero-order valence-electron chi connectivity index (χ0n) is 14.5. The van der Waals surface area contributed by atoms with Crippen LogP contribution >= 0.6 is 0 Å². The zero-order chi connectivity index (χ0) is 17.7. The fraction of sp³-hybridized carbons (Fsp3) is 0.529. The molecule has 2 rings (SSSR count). The van der Waals surface area contributed by atoms with E-state index in [2.05, 4.69) is 10.2 Å². The van der Waals surface area contributed by atoms with Crippen LogP contribution in [0.4, 0.5) is 5.69 Å². The second-order valence-corrected chi connectivity index (χ2v) is 5.84. The van der Waals surface area contributed by atoms with Crippen molar-refractivity contribution in [3.05, 3.63) is 17.7 Å². The van der Waals surface area contributed by atoms with E-state index in [0.717, 1.165) is 19.4 Å². The van der Waals surface area contributed by atoms with Crippen LogP contribution in [0.5, 0.6) is 11.5 Å². The number of ether oxygens (including phenoxy) is 3. The molecular formula is C17H24N2O5. The Labute approximate surface area is 141 Å². The minimum absolute atomic E-state index is 0.109. The number of rotatable bonds is 5. The molecule has 1 aliphatic rings. The van der Waals surface area contributed by atoms with Crippen molar-refractivity contribution in [3.8, 4) is 11.5 Å². The van der Waals surface area contributed by atoms with Gasteiger partial charge in [-0.05, 0) is 26.4 Å². The summed E-state index contributed by atoms with van der Waals surface area (Å²) in [7, 11) is 6.27. The monoisotopic (exact) mass is 336 g/mol. The molecule has 1 unspecified atom stereocenters. The van der Waals surface area contributed by atoms with Gasteiger partial charge in [-0.25, -0.2) is 4.79 Å². The lowest BCUT2D eigenvalue weighted by atomic mass is 9.97. The van der Waals surface area contributed by atoms with E-state index in [-0.39, 0.29) is 17.4 Å². The van der Waals surface area contributed by atoms with E-state index in [1.165, 1.54) is 27.4 Å². The number of methoxy groups -OCH3 is 3. The van der Waals surface area contributed by atoms with Crippen molar-refractivity contribution in [1.29, 1.82) is 0 Å². The number of hydrogen-bond donors (Lipinski definition) is 1. The number of benzene rings is 1. The molecule has 1 amide bonds. The Morgan fingerprint density at radius 3 is 2.42 bits per heavy atom. The van der Waals surface area contributed by atoms with Gasteiger partial charge in [-0.2, -0.15) is 0 Å². The maximum absolute atomic E-state index is 12.6. The predicted octanol–water partition coefficient (Wildman–Crippen LogP) is 1.77. The van der Waals surface area contributed by atoms with E-state index in [1.54, 1.807) is 6.07 Å². The number of amides is 1. The molecule has 1 aromatic carbocycles. The molecule has 0 radical (unpaired) electrons. The van der Waals surface area contributed by atoms with Gasteiger partial charge in [0.05, 0.1) is 38.5 Å². The van der Waals surface area contributed by atoms with Crippen LogP contribution < -0.4 is 14.8 Å². The summed E-state index contributed by atoms with van der Waals surface area (Å²) in [6.07, 6.45) is 1.81. The third-order valence-corrected chi connectivity index (χ3v) is 4.18. The summed E-state index contributed by atoms with van der Waals surface area (Å²) in [6.45, 7) is 1.69. The Morgan fingerprint density at radius 1 is 1.17 bits per heavy atom. The lowest BCUT2D eigenvalue weighted by Crippen LogP contribution is -2.38. The molecule has 132 valence electrons. The highest BCUT2D eigenvalue weighted by atomic mass is 16.5. The molecule has 1 saturated heterocycles. The van der Waals surface area contributed by atoms with Gasteiger partial charge in [0.15, 0.2) is 11.5 Å². The summed E-state index contributed by atoms with van der Waals surface area (Å²) in [5.41, 5.74) is 0.588. The fourth-order valence-corrected chi connectivity index (χ4v) is 2.88. The van der Waals surface area contributed by atoms with Crippen LogP contribution in [0.15, 0.2) is 12.1 Å². The maximum atomic E-state index is 12.6. The quantitative estimate of drug-likeness (QED) is 0.826. The van der Waals surface area contributed by atoms with Crippen molar-refractivity contribution >= 4 is 17.6 Å². The molecule has 0 bridgehead atoms. The number of carbonyl (C=O) groups excluding carboxylic acids is 2. The van der Waals surface area contributed by atoms with Gasteiger partial charge in [-0.3, -0.25) is 4.79 Å². The molecule has 0 spiro atoms. The zero-order valence-corrected chi connectivity index (χ0v) is 14.5. The van der Waals surface area contributed by atoms with Gasteiger partial charge in [0.25, 0.3) is 0 Å². The Balaban J connectivity index is 2.29. The van der Waals surface area contributed by atoms with E-state index in [9.17, 15) is 9.59 Å². The van der Waals surface area contributed by atoms with Crippen molar-refractivity contribution in [2.24, 2.45) is 5.92 Å². The number of piperidine rings is 1. The topological polar surface area (TPSA) is 77.1 Å². The van der Waals surface area contributed by atoms with Gasteiger partial charge in [-0.1, -0.05) is 0 Å². The lowest BCUT2D eigenvalue weighted by Gasteiger charge is -2.29. The summed E-state index contributed by atoms with van der Waals surface area (Å²) < 4.78 is 15.3. The second kappa shape index (κ2) is 8.01. The van der Waals surface area contributed by atoms with Gasteiger partial charge >= 0.3 is 5.97 Å². The molecule has 0 aromatic heterocycles. The van der Waals surface area contributed by atoms with Crippen molar-refractivity contribution < 1.29 is 23.8 Å². The Hall–Kier alpha value is -2.28. The van der Waals surface area contributed by atoms with Gasteiger partial charge in [0.1, 0.15) is 0 Å². The summed E-state index contributed by atoms with van der Waals surface area (Å²) in [4.78, 5) is 26.7. The van der Waals surface area contributed by atoms with Gasteiger partial charge in [0.2, 0.25) is 5.91 Å². The SMILES string of the molecule is COC(=O)c1cc(OC)c(OC)cc1NC(=O)C1CCCN(C)C1. The molecule has 1 aromatic rings. The fourth-order valence-electron chi connectivity index (χ4n) is 2.88. The molecule has 1 N–H and O–H groups in total. The van der Waals surface area contributed by atoms with E-state index < -0.39 is 5.97 Å². The molecule has 1 heterocycles. The molecule has 1 fully saturated rings. The van der Waals surface area contributed by atoms with Crippen LogP contribution in [-0.2, 0) is 9.53 Å². The van der Waals surface area contributed by atoms with Gasteiger partial charge in [0, 0.05) is 18.7 Å². The summed E-state index contributed by atoms with van der Waals surface area (Å²) in [6, 6.07) is 3.09. The van der Waals surface area contributed by atoms with Crippen molar-refractivity contribution in [1.82, 2.24) is 4.90 Å². The molecule has 24 heavy (non-hydrogen) atoms. The minimum atomic E-state index is -0.549. The first-order chi connectivity index (χ1) is 11.5. The largest absolute Gasteiger partial charge is 0.493 e. The standard InChI is InChI=1S/C17H24N2O5/c1-19-7-5-6-11(10-19)16(20)18-13-9-15(23-3)14(22-2)8-12(13)17(21)24-4/h8-9,11H,5-7,10H2,1-4H3,(H,18,20). The summed E-state index contributed by atoms with van der Waals surface area (Å²) in [5, 5.41) is 2.84. The van der Waals surface area contributed by atoms with Gasteiger partial charge in [-0.15, -0.1) is 0 Å². The first-order valence-corrected chi connectivity index (χ1v) is 7.83. The molecule has 0 aliphatic carbocycles. The van der Waals surface area contributed by atoms with Crippen LogP contribution in [0.2, 0.25) is 0 Å². The molecule has 0 saturated carbocycles. The second-order valence-electron chi connectivity index (χ2n) is 5.84. The highest BCUT2D eigenvalue weighted by Crippen LogP contribution is 2.34. The van der Waals surface area contributed by atoms with Crippen LogP contribution in [-0.4, -0.2) is 58.2 Å². The van der Waals surface area contributed by atoms with Gasteiger partial charge < -0.3 is 24.4 Å². The van der Waals surface area contributed by atoms with E-state index in [0.29, 0.717) is 23.7 Å². The lowest BCUT2D eigenvalue weighted by molar-refractivity contribution is -0.121. The number of esters is 1. The number of hydrogen-bond acceptors (Lipinski definition) is 6. The number of nitrogens with one attached hydrogen (secondary N) is 1. The van der Waals surface area contributed by atoms with Crippen molar-refractivity contribution in [2.45, 2.75) is 12.8 Å². The average Bonchev–Trinajstić information content (AvgIpc) is 2.60. The maximum Gasteiger partial charge on any atom is 0.340 e. The highest BCUT2D eigenvalue weighted by Gasteiger charge is 2.26. The highest BCUT2D eigenvalue weighted by molar-refractivity contribution is 6.02. The molecule has 7 heteroatoms. The molecular weight excluding hydrogens is 312 g/mol. The van der Waals surface area contributed by atoms with E-state index in [1.807, 2.05) is 7.05 Å². The Kier molecular flexibility index (Phi) is 6.03. The Bertz CT molecular complexity index is 617. The normalized spacial score (nSPS) is 17.9. The van der Waals surface area contributed by atoms with Crippen LogP contribution in [0.25, 0.3) is 0 Å². The third kappa shape index (κ3) is 3.97. The molecule has 7 nitrogen and oxygen atoms in total. The molecule has 1 aliphatic heterocycles. The average molecular weight is 336 g/mol. The minimum Gasteiger partial charge on any atom is -0.493 e. The van der Waals surface area contributed by atoms with E-state index in [4.69, 9.17) is 14.2 Å². The van der Waals surface area contributed by atoms with Crippen LogP contribution in [0.1, 0.15) is 23.2 Å². The molecule has 1 atom stereocenters. The summed E-state index contributed by atoms with van der Waals surface area (Å²) in [5.74, 6) is 0.0581. The summed E-state index contributed by atoms with van der Waals surface area (Å²) >= 11 is 0. The number of carbonyl (C=O) groups is 2. The predicted molar refractivity (Wildman–Crippen MR) is 89.7 cm³/mol. The first-order valence-electron chi connectivity index (χ1n) is 7.83. The van der Waals surface area contributed by atoms with Crippen LogP contribution in [0, 0.1) is 5.92 Å². The van der Waals surface area contributed by atoms with E-state index >= 15 is 0 Å². The van der Waals surface area contributed by atoms with Crippen molar-refractivity contribution in [3.63, 3.8) is 0 Å². The number of anilines is 1. The smallest absolute Gasteiger partial charge is 0.340 e. The third-order valence-electron chi connectivity index (χ3n) is 4.18. The number of likely N-dealkylation sites (tertiary alicyclic amines) is 1. The Morgan fingerprint density at radius 2 is 1.83 bits per heavy atom. The van der Waals surface area contributed by atoms with Crippen LogP contribution in [0.3, 0.4) is 0 Å². The van der Waals surface area contributed by atoms with Crippen molar-refractivity contribution in [2.75, 3.05) is 46.8 Å².